The average Bonchev–Trinajstić information content (AvgIpc) is 2.84. The Kier molecular flexibility index (Phi) is 5.00. The minimum atomic E-state index is -0.0867. The number of likely N-dealkylation sites (N-methyl/N-ethyl adjacent to an activating group) is 1. The standard InChI is InChI=1S/C12H13BrN4OS/c1-17(6-9-2-4-10(13)5-3-9)7-11(18)15-12-16-14-8-19-12/h2-5,8H,6-7H2,1H3,(H,15,16,18). The molecule has 2 aromatic rings. The number of hydrogen-bond donors (Lipinski definition) is 1. The molecule has 19 heavy (non-hydrogen) atoms. The lowest BCUT2D eigenvalue weighted by atomic mass is 10.2. The summed E-state index contributed by atoms with van der Waals surface area (Å²) >= 11 is 4.70. The van der Waals surface area contributed by atoms with E-state index in [2.05, 4.69) is 31.4 Å². The molecule has 1 heterocycles. The Hall–Kier alpha value is -1.31. The molecule has 1 aromatic carbocycles. The van der Waals surface area contributed by atoms with Crippen LogP contribution in [0.25, 0.3) is 0 Å². The predicted octanol–water partition coefficient (Wildman–Crippen LogP) is 2.37. The molecule has 1 amide bonds. The number of carbonyl (C=O) groups is 1. The Morgan fingerprint density at radius 2 is 2.16 bits per heavy atom. The molecule has 0 radical (unpaired) electrons. The van der Waals surface area contributed by atoms with Crippen LogP contribution in [0, 0.1) is 0 Å². The summed E-state index contributed by atoms with van der Waals surface area (Å²) in [6.07, 6.45) is 0. The number of nitrogens with one attached hydrogen (secondary N) is 1. The first-order valence-corrected chi connectivity index (χ1v) is 7.30. The molecule has 5 nitrogen and oxygen atoms in total. The molecule has 0 saturated heterocycles. The molecule has 0 aliphatic heterocycles. The SMILES string of the molecule is CN(CC(=O)Nc1nncs1)Cc1ccc(Br)cc1. The van der Waals surface area contributed by atoms with Crippen LogP contribution in [0.5, 0.6) is 0 Å². The summed E-state index contributed by atoms with van der Waals surface area (Å²) in [5, 5.41) is 10.7. The van der Waals surface area contributed by atoms with E-state index in [0.717, 1.165) is 16.6 Å². The van der Waals surface area contributed by atoms with Crippen molar-refractivity contribution >= 4 is 38.3 Å². The fourth-order valence-corrected chi connectivity index (χ4v) is 2.31. The summed E-state index contributed by atoms with van der Waals surface area (Å²) < 4.78 is 1.05. The number of amides is 1. The molecule has 0 bridgehead atoms. The Morgan fingerprint density at radius 1 is 1.42 bits per heavy atom. The minimum absolute atomic E-state index is 0.0867. The average molecular weight is 341 g/mol. The quantitative estimate of drug-likeness (QED) is 0.907. The Bertz CT molecular complexity index is 529. The molecule has 0 aliphatic rings. The fourth-order valence-electron chi connectivity index (χ4n) is 1.59. The van der Waals surface area contributed by atoms with E-state index in [1.807, 2.05) is 36.2 Å². The zero-order valence-corrected chi connectivity index (χ0v) is 12.7. The van der Waals surface area contributed by atoms with Gasteiger partial charge < -0.3 is 0 Å². The van der Waals surface area contributed by atoms with Crippen molar-refractivity contribution in [2.24, 2.45) is 0 Å². The van der Waals surface area contributed by atoms with Gasteiger partial charge in [-0.2, -0.15) is 0 Å². The third kappa shape index (κ3) is 4.70. The molecule has 1 aromatic heterocycles. The van der Waals surface area contributed by atoms with Crippen molar-refractivity contribution in [3.8, 4) is 0 Å². The van der Waals surface area contributed by atoms with Crippen molar-refractivity contribution in [3.05, 3.63) is 39.8 Å². The van der Waals surface area contributed by atoms with Gasteiger partial charge in [-0.05, 0) is 24.7 Å². The van der Waals surface area contributed by atoms with Crippen molar-refractivity contribution in [3.63, 3.8) is 0 Å². The highest BCUT2D eigenvalue weighted by molar-refractivity contribution is 9.10. The van der Waals surface area contributed by atoms with Crippen LogP contribution in [0.2, 0.25) is 0 Å². The normalized spacial score (nSPS) is 10.7. The van der Waals surface area contributed by atoms with Crippen LogP contribution < -0.4 is 5.32 Å². The minimum Gasteiger partial charge on any atom is -0.299 e. The van der Waals surface area contributed by atoms with Gasteiger partial charge in [-0.3, -0.25) is 15.0 Å². The second kappa shape index (κ2) is 6.74. The van der Waals surface area contributed by atoms with Crippen LogP contribution in [0.15, 0.2) is 34.2 Å². The van der Waals surface area contributed by atoms with Crippen LogP contribution >= 0.6 is 27.3 Å². The first-order chi connectivity index (χ1) is 9.13. The monoisotopic (exact) mass is 340 g/mol. The largest absolute Gasteiger partial charge is 0.299 e. The van der Waals surface area contributed by atoms with Crippen LogP contribution in [-0.4, -0.2) is 34.6 Å². The van der Waals surface area contributed by atoms with Crippen molar-refractivity contribution < 1.29 is 4.79 Å². The van der Waals surface area contributed by atoms with E-state index in [1.54, 1.807) is 5.51 Å². The van der Waals surface area contributed by atoms with Gasteiger partial charge >= 0.3 is 0 Å². The molecule has 0 aliphatic carbocycles. The first kappa shape index (κ1) is 14.1. The molecule has 7 heteroatoms. The van der Waals surface area contributed by atoms with E-state index in [9.17, 15) is 4.79 Å². The summed E-state index contributed by atoms with van der Waals surface area (Å²) in [5.41, 5.74) is 2.75. The molecular formula is C12H13BrN4OS. The van der Waals surface area contributed by atoms with Gasteiger partial charge in [0.1, 0.15) is 5.51 Å². The van der Waals surface area contributed by atoms with Gasteiger partial charge in [-0.15, -0.1) is 10.2 Å². The number of halogens is 1. The van der Waals surface area contributed by atoms with E-state index in [4.69, 9.17) is 0 Å². The Balaban J connectivity index is 1.82. The number of hydrogen-bond acceptors (Lipinski definition) is 5. The number of anilines is 1. The van der Waals surface area contributed by atoms with Crippen molar-refractivity contribution in [1.82, 2.24) is 15.1 Å². The number of nitrogens with zero attached hydrogens (tertiary/aromatic N) is 3. The smallest absolute Gasteiger partial charge is 0.240 e. The first-order valence-electron chi connectivity index (χ1n) is 5.62. The van der Waals surface area contributed by atoms with Gasteiger partial charge in [0.25, 0.3) is 0 Å². The number of aromatic nitrogens is 2. The summed E-state index contributed by atoms with van der Waals surface area (Å²) in [4.78, 5) is 13.7. The summed E-state index contributed by atoms with van der Waals surface area (Å²) in [7, 11) is 1.90. The topological polar surface area (TPSA) is 58.1 Å². The second-order valence-corrected chi connectivity index (χ2v) is 5.84. The van der Waals surface area contributed by atoms with Gasteiger partial charge in [0.15, 0.2) is 0 Å². The van der Waals surface area contributed by atoms with Gasteiger partial charge in [-0.1, -0.05) is 39.4 Å². The molecule has 1 N–H and O–H groups in total. The number of benzene rings is 1. The molecule has 2 rings (SSSR count). The molecular weight excluding hydrogens is 328 g/mol. The van der Waals surface area contributed by atoms with E-state index < -0.39 is 0 Å². The Labute approximate surface area is 123 Å². The van der Waals surface area contributed by atoms with E-state index in [0.29, 0.717) is 11.7 Å². The predicted molar refractivity (Wildman–Crippen MR) is 79.0 cm³/mol. The van der Waals surface area contributed by atoms with Crippen LogP contribution in [-0.2, 0) is 11.3 Å². The maximum absolute atomic E-state index is 11.7. The third-order valence-electron chi connectivity index (χ3n) is 2.39. The molecule has 0 spiro atoms. The molecule has 100 valence electrons. The highest BCUT2D eigenvalue weighted by Crippen LogP contribution is 2.12. The van der Waals surface area contributed by atoms with E-state index in [-0.39, 0.29) is 5.91 Å². The van der Waals surface area contributed by atoms with Gasteiger partial charge in [0, 0.05) is 11.0 Å². The summed E-state index contributed by atoms with van der Waals surface area (Å²) in [6.45, 7) is 1.03. The number of rotatable bonds is 5. The van der Waals surface area contributed by atoms with Crippen LogP contribution in [0.3, 0.4) is 0 Å². The zero-order valence-electron chi connectivity index (χ0n) is 10.3. The maximum atomic E-state index is 11.7. The molecule has 0 atom stereocenters. The third-order valence-corrected chi connectivity index (χ3v) is 3.52. The van der Waals surface area contributed by atoms with Gasteiger partial charge in [0.05, 0.1) is 6.54 Å². The fraction of sp³-hybridized carbons (Fsp3) is 0.250. The highest BCUT2D eigenvalue weighted by Gasteiger charge is 2.08. The van der Waals surface area contributed by atoms with Gasteiger partial charge in [0.2, 0.25) is 11.0 Å². The van der Waals surface area contributed by atoms with Gasteiger partial charge in [-0.25, -0.2) is 0 Å². The number of carbonyl (C=O) groups excluding carboxylic acids is 1. The van der Waals surface area contributed by atoms with Crippen molar-refractivity contribution in [2.75, 3.05) is 18.9 Å². The lowest BCUT2D eigenvalue weighted by Crippen LogP contribution is -2.29. The van der Waals surface area contributed by atoms with Crippen molar-refractivity contribution in [1.29, 1.82) is 0 Å². The zero-order chi connectivity index (χ0) is 13.7. The molecule has 0 unspecified atom stereocenters. The van der Waals surface area contributed by atoms with Crippen LogP contribution in [0.1, 0.15) is 5.56 Å². The van der Waals surface area contributed by atoms with E-state index >= 15 is 0 Å². The van der Waals surface area contributed by atoms with Crippen LogP contribution in [0.4, 0.5) is 5.13 Å². The maximum Gasteiger partial charge on any atom is 0.240 e. The highest BCUT2D eigenvalue weighted by atomic mass is 79.9. The van der Waals surface area contributed by atoms with E-state index in [1.165, 1.54) is 11.3 Å². The second-order valence-electron chi connectivity index (χ2n) is 4.09. The summed E-state index contributed by atoms with van der Waals surface area (Å²) in [6, 6.07) is 8.04. The van der Waals surface area contributed by atoms with Crippen molar-refractivity contribution in [2.45, 2.75) is 6.54 Å². The lowest BCUT2D eigenvalue weighted by Gasteiger charge is -2.15. The lowest BCUT2D eigenvalue weighted by molar-refractivity contribution is -0.117. The molecule has 0 fully saturated rings. The Morgan fingerprint density at radius 3 is 2.79 bits per heavy atom. The summed E-state index contributed by atoms with van der Waals surface area (Å²) in [5.74, 6) is -0.0867. The molecule has 0 saturated carbocycles.